The van der Waals surface area contributed by atoms with Crippen LogP contribution in [0.4, 0.5) is 0 Å². The van der Waals surface area contributed by atoms with Gasteiger partial charge in [0, 0.05) is 12.1 Å². The molecular weight excluding hydrogens is 388 g/mol. The van der Waals surface area contributed by atoms with Gasteiger partial charge in [-0.15, -0.1) is 0 Å². The van der Waals surface area contributed by atoms with E-state index < -0.39 is 5.97 Å². The molecule has 0 unspecified atom stereocenters. The Morgan fingerprint density at radius 3 is 2.42 bits per heavy atom. The van der Waals surface area contributed by atoms with Crippen molar-refractivity contribution in [2.45, 2.75) is 19.8 Å². The normalized spacial score (nSPS) is 11.3. The predicted octanol–water partition coefficient (Wildman–Crippen LogP) is 6.20. The number of fused-ring (bicyclic) bond motifs is 1. The average molecular weight is 410 g/mol. The first-order valence-electron chi connectivity index (χ1n) is 10.1. The molecule has 0 atom stereocenters. The first kappa shape index (κ1) is 20.4. The average Bonchev–Trinajstić information content (AvgIpc) is 2.79. The first-order chi connectivity index (χ1) is 15.0. The second-order valence-corrected chi connectivity index (χ2v) is 7.58. The van der Waals surface area contributed by atoms with Crippen molar-refractivity contribution in [3.05, 3.63) is 106 Å². The van der Waals surface area contributed by atoms with Crippen molar-refractivity contribution in [3.8, 4) is 16.9 Å². The van der Waals surface area contributed by atoms with Gasteiger partial charge in [-0.25, -0.2) is 4.79 Å². The van der Waals surface area contributed by atoms with Crippen LogP contribution in [0.15, 0.2) is 94.3 Å². The van der Waals surface area contributed by atoms with E-state index in [2.05, 4.69) is 13.8 Å². The number of ether oxygens (including phenoxy) is 1. The Bertz CT molecular complexity index is 1300. The molecule has 31 heavy (non-hydrogen) atoms. The van der Waals surface area contributed by atoms with Crippen molar-refractivity contribution in [1.82, 2.24) is 0 Å². The largest absolute Gasteiger partial charge is 0.463 e. The molecule has 1 heterocycles. The highest BCUT2D eigenvalue weighted by molar-refractivity contribution is 5.89. The van der Waals surface area contributed by atoms with E-state index in [1.54, 1.807) is 24.3 Å². The number of hydrogen-bond donors (Lipinski definition) is 0. The molecule has 4 rings (SSSR count). The molecule has 0 fully saturated rings. The van der Waals surface area contributed by atoms with Gasteiger partial charge in [-0.05, 0) is 40.8 Å². The number of rotatable bonds is 5. The van der Waals surface area contributed by atoms with Crippen LogP contribution < -0.4 is 10.2 Å². The lowest BCUT2D eigenvalue weighted by atomic mass is 10.0. The zero-order valence-corrected chi connectivity index (χ0v) is 17.4. The van der Waals surface area contributed by atoms with Crippen LogP contribution in [0.5, 0.6) is 5.75 Å². The summed E-state index contributed by atoms with van der Waals surface area (Å²) in [5.74, 6) is 0.267. The molecule has 0 saturated heterocycles. The molecule has 4 nitrogen and oxygen atoms in total. The van der Waals surface area contributed by atoms with Gasteiger partial charge in [-0.2, -0.15) is 0 Å². The lowest BCUT2D eigenvalue weighted by Crippen LogP contribution is -2.06. The van der Waals surface area contributed by atoms with Gasteiger partial charge in [0.2, 0.25) is 0 Å². The van der Waals surface area contributed by atoms with E-state index in [0.29, 0.717) is 28.2 Å². The van der Waals surface area contributed by atoms with Gasteiger partial charge in [-0.3, -0.25) is 4.79 Å². The Morgan fingerprint density at radius 2 is 1.71 bits per heavy atom. The van der Waals surface area contributed by atoms with Crippen LogP contribution in [0.3, 0.4) is 0 Å². The van der Waals surface area contributed by atoms with Crippen LogP contribution in [0.1, 0.15) is 30.9 Å². The fraction of sp³-hybridized carbons (Fsp3) is 0.111. The third kappa shape index (κ3) is 4.64. The molecular formula is C27H22O4. The molecule has 1 aromatic heterocycles. The second-order valence-electron chi connectivity index (χ2n) is 7.58. The van der Waals surface area contributed by atoms with Gasteiger partial charge in [-0.1, -0.05) is 68.4 Å². The monoisotopic (exact) mass is 410 g/mol. The molecule has 154 valence electrons. The summed E-state index contributed by atoms with van der Waals surface area (Å²) in [7, 11) is 0. The van der Waals surface area contributed by atoms with Crippen molar-refractivity contribution in [1.29, 1.82) is 0 Å². The summed E-state index contributed by atoms with van der Waals surface area (Å²) in [6.45, 7) is 4.27. The molecule has 0 aliphatic carbocycles. The number of esters is 1. The molecule has 0 aliphatic rings. The Balaban J connectivity index is 1.51. The summed E-state index contributed by atoms with van der Waals surface area (Å²) in [5, 5.41) is 0.432. The summed E-state index contributed by atoms with van der Waals surface area (Å²) in [5.41, 5.74) is 3.68. The Hall–Kier alpha value is -3.92. The SMILES string of the molecule is CC(C)c1ccc(/C=C/C(=O)Oc2ccc3c(=O)c(-c4ccccc4)coc3c2)cc1. The Labute approximate surface area is 180 Å². The molecule has 0 bridgehead atoms. The van der Waals surface area contributed by atoms with E-state index in [-0.39, 0.29) is 5.43 Å². The molecule has 0 saturated carbocycles. The maximum atomic E-state index is 12.8. The zero-order valence-electron chi connectivity index (χ0n) is 17.4. The topological polar surface area (TPSA) is 56.5 Å². The quantitative estimate of drug-likeness (QED) is 0.223. The van der Waals surface area contributed by atoms with E-state index >= 15 is 0 Å². The van der Waals surface area contributed by atoms with Gasteiger partial charge < -0.3 is 9.15 Å². The van der Waals surface area contributed by atoms with E-state index in [1.165, 1.54) is 17.9 Å². The molecule has 0 aliphatic heterocycles. The highest BCUT2D eigenvalue weighted by Gasteiger charge is 2.11. The van der Waals surface area contributed by atoms with E-state index in [9.17, 15) is 9.59 Å². The first-order valence-corrected chi connectivity index (χ1v) is 10.1. The lowest BCUT2D eigenvalue weighted by Gasteiger charge is -2.06. The molecule has 0 spiro atoms. The summed E-state index contributed by atoms with van der Waals surface area (Å²) >= 11 is 0. The van der Waals surface area contributed by atoms with Crippen molar-refractivity contribution in [3.63, 3.8) is 0 Å². The Kier molecular flexibility index (Phi) is 5.80. The molecule has 4 heteroatoms. The van der Waals surface area contributed by atoms with Crippen LogP contribution in [0.25, 0.3) is 28.2 Å². The highest BCUT2D eigenvalue weighted by Crippen LogP contribution is 2.23. The third-order valence-electron chi connectivity index (χ3n) is 5.06. The van der Waals surface area contributed by atoms with Gasteiger partial charge in [0.1, 0.15) is 17.6 Å². The fourth-order valence-corrected chi connectivity index (χ4v) is 3.30. The van der Waals surface area contributed by atoms with Crippen LogP contribution in [-0.4, -0.2) is 5.97 Å². The minimum Gasteiger partial charge on any atom is -0.463 e. The van der Waals surface area contributed by atoms with Crippen molar-refractivity contribution in [2.24, 2.45) is 0 Å². The molecule has 0 amide bonds. The smallest absolute Gasteiger partial charge is 0.336 e. The van der Waals surface area contributed by atoms with E-state index in [1.807, 2.05) is 54.6 Å². The van der Waals surface area contributed by atoms with Gasteiger partial charge in [0.05, 0.1) is 10.9 Å². The molecule has 3 aromatic carbocycles. The third-order valence-corrected chi connectivity index (χ3v) is 5.06. The van der Waals surface area contributed by atoms with Crippen LogP contribution in [0.2, 0.25) is 0 Å². The fourth-order valence-electron chi connectivity index (χ4n) is 3.30. The summed E-state index contributed by atoms with van der Waals surface area (Å²) in [6.07, 6.45) is 4.52. The number of carbonyl (C=O) groups is 1. The summed E-state index contributed by atoms with van der Waals surface area (Å²) in [6, 6.07) is 22.1. The van der Waals surface area contributed by atoms with Gasteiger partial charge in [0.15, 0.2) is 5.43 Å². The molecule has 0 radical (unpaired) electrons. The number of hydrogen-bond acceptors (Lipinski definition) is 4. The minimum atomic E-state index is -0.504. The number of benzene rings is 3. The highest BCUT2D eigenvalue weighted by atomic mass is 16.5. The molecule has 4 aromatic rings. The maximum absolute atomic E-state index is 12.8. The van der Waals surface area contributed by atoms with Gasteiger partial charge in [0.25, 0.3) is 0 Å². The van der Waals surface area contributed by atoms with Gasteiger partial charge >= 0.3 is 5.97 Å². The second kappa shape index (κ2) is 8.84. The van der Waals surface area contributed by atoms with Crippen molar-refractivity contribution in [2.75, 3.05) is 0 Å². The summed E-state index contributed by atoms with van der Waals surface area (Å²) in [4.78, 5) is 25.0. The van der Waals surface area contributed by atoms with Crippen LogP contribution >= 0.6 is 0 Å². The summed E-state index contributed by atoms with van der Waals surface area (Å²) < 4.78 is 11.0. The van der Waals surface area contributed by atoms with E-state index in [0.717, 1.165) is 11.1 Å². The predicted molar refractivity (Wildman–Crippen MR) is 123 cm³/mol. The molecule has 0 N–H and O–H groups in total. The van der Waals surface area contributed by atoms with Crippen LogP contribution in [-0.2, 0) is 4.79 Å². The van der Waals surface area contributed by atoms with Crippen molar-refractivity contribution < 1.29 is 13.9 Å². The maximum Gasteiger partial charge on any atom is 0.336 e. The van der Waals surface area contributed by atoms with E-state index in [4.69, 9.17) is 9.15 Å². The Morgan fingerprint density at radius 1 is 0.968 bits per heavy atom. The van der Waals surface area contributed by atoms with Crippen molar-refractivity contribution >= 4 is 23.0 Å². The minimum absolute atomic E-state index is 0.130. The number of carbonyl (C=O) groups excluding carboxylic acids is 1. The zero-order chi connectivity index (χ0) is 21.8. The standard InChI is InChI=1S/C27H22O4/c1-18(2)20-11-8-19(9-12-20)10-15-26(28)31-22-13-14-23-25(16-22)30-17-24(27(23)29)21-6-4-3-5-7-21/h3-18H,1-2H3/b15-10+. The lowest BCUT2D eigenvalue weighted by molar-refractivity contribution is -0.128. The van der Waals surface area contributed by atoms with Crippen LogP contribution in [0, 0.1) is 0 Å².